The van der Waals surface area contributed by atoms with Crippen LogP contribution in [0, 0.1) is 0 Å². The molecule has 1 saturated heterocycles. The second-order valence-electron chi connectivity index (χ2n) is 6.58. The Bertz CT molecular complexity index is 791. The first-order chi connectivity index (χ1) is 13.1. The van der Waals surface area contributed by atoms with Gasteiger partial charge in [-0.05, 0) is 65.7 Å². The number of morpholine rings is 1. The Labute approximate surface area is 168 Å². The smallest absolute Gasteiger partial charge is 0.255 e. The minimum atomic E-state index is -0.157. The molecule has 1 unspecified atom stereocenters. The Morgan fingerprint density at radius 1 is 1.26 bits per heavy atom. The molecule has 3 rings (SSSR count). The molecule has 27 heavy (non-hydrogen) atoms. The molecule has 6 heteroatoms. The molecule has 0 radical (unpaired) electrons. The third-order valence-electron chi connectivity index (χ3n) is 4.57. The lowest BCUT2D eigenvalue weighted by Crippen LogP contribution is -2.36. The monoisotopic (exact) mass is 432 g/mol. The van der Waals surface area contributed by atoms with Crippen LogP contribution in [-0.2, 0) is 4.74 Å². The van der Waals surface area contributed by atoms with E-state index in [-0.39, 0.29) is 12.0 Å². The van der Waals surface area contributed by atoms with Crippen LogP contribution in [0.25, 0.3) is 0 Å². The molecule has 1 aliphatic rings. The van der Waals surface area contributed by atoms with Crippen LogP contribution in [0.4, 0.5) is 11.4 Å². The van der Waals surface area contributed by atoms with Gasteiger partial charge in [0.2, 0.25) is 0 Å². The van der Waals surface area contributed by atoms with Crippen LogP contribution in [0.15, 0.2) is 46.9 Å². The summed E-state index contributed by atoms with van der Waals surface area (Å²) in [6, 6.07) is 13.2. The molecule has 0 spiro atoms. The van der Waals surface area contributed by atoms with Crippen molar-refractivity contribution in [2.24, 2.45) is 0 Å². The maximum Gasteiger partial charge on any atom is 0.255 e. The van der Waals surface area contributed by atoms with Gasteiger partial charge >= 0.3 is 0 Å². The highest BCUT2D eigenvalue weighted by atomic mass is 79.9. The highest BCUT2D eigenvalue weighted by molar-refractivity contribution is 9.10. The van der Waals surface area contributed by atoms with Gasteiger partial charge < -0.3 is 19.7 Å². The number of anilines is 2. The number of rotatable bonds is 6. The van der Waals surface area contributed by atoms with Crippen molar-refractivity contribution in [1.82, 2.24) is 0 Å². The first-order valence-corrected chi connectivity index (χ1v) is 10.1. The second-order valence-corrected chi connectivity index (χ2v) is 7.44. The molecular weight excluding hydrogens is 408 g/mol. The molecule has 5 nitrogen and oxygen atoms in total. The molecule has 2 aromatic rings. The zero-order valence-corrected chi connectivity index (χ0v) is 17.3. The van der Waals surface area contributed by atoms with Crippen molar-refractivity contribution in [1.29, 1.82) is 0 Å². The lowest BCUT2D eigenvalue weighted by molar-refractivity contribution is 0.102. The largest absolute Gasteiger partial charge is 0.491 e. The number of carbonyl (C=O) groups is 1. The fourth-order valence-electron chi connectivity index (χ4n) is 2.87. The van der Waals surface area contributed by atoms with Crippen LogP contribution in [0.1, 0.15) is 30.6 Å². The molecule has 0 bridgehead atoms. The SMILES string of the molecule is CCC(C)Oc1cccc(C(=O)Nc2ccc(N3CCOCC3)c(Br)c2)c1. The van der Waals surface area contributed by atoms with Crippen LogP contribution < -0.4 is 15.0 Å². The molecule has 1 atom stereocenters. The fourth-order valence-corrected chi connectivity index (χ4v) is 3.50. The van der Waals surface area contributed by atoms with Crippen LogP contribution in [0.3, 0.4) is 0 Å². The molecule has 1 N–H and O–H groups in total. The molecular formula is C21H25BrN2O3. The molecule has 0 aliphatic carbocycles. The number of hydrogen-bond acceptors (Lipinski definition) is 4. The summed E-state index contributed by atoms with van der Waals surface area (Å²) in [5.74, 6) is 0.552. The molecule has 1 heterocycles. The third kappa shape index (κ3) is 5.23. The van der Waals surface area contributed by atoms with Crippen molar-refractivity contribution in [3.8, 4) is 5.75 Å². The summed E-state index contributed by atoms with van der Waals surface area (Å²) in [5, 5.41) is 2.96. The van der Waals surface area contributed by atoms with Gasteiger partial charge in [-0.2, -0.15) is 0 Å². The van der Waals surface area contributed by atoms with Crippen molar-refractivity contribution in [2.45, 2.75) is 26.4 Å². The zero-order valence-electron chi connectivity index (χ0n) is 15.7. The molecule has 1 fully saturated rings. The number of carbonyl (C=O) groups excluding carboxylic acids is 1. The number of benzene rings is 2. The average molecular weight is 433 g/mol. The van der Waals surface area contributed by atoms with Gasteiger partial charge in [-0.15, -0.1) is 0 Å². The summed E-state index contributed by atoms with van der Waals surface area (Å²) in [5.41, 5.74) is 2.43. The van der Waals surface area contributed by atoms with Crippen LogP contribution in [0.2, 0.25) is 0 Å². The molecule has 1 aliphatic heterocycles. The maximum absolute atomic E-state index is 12.6. The fraction of sp³-hybridized carbons (Fsp3) is 0.381. The Hall–Kier alpha value is -2.05. The molecule has 0 aromatic heterocycles. The van der Waals surface area contributed by atoms with Crippen molar-refractivity contribution in [2.75, 3.05) is 36.5 Å². The Balaban J connectivity index is 1.69. The van der Waals surface area contributed by atoms with E-state index in [0.29, 0.717) is 11.3 Å². The summed E-state index contributed by atoms with van der Waals surface area (Å²) >= 11 is 3.62. The minimum Gasteiger partial charge on any atom is -0.491 e. The van der Waals surface area contributed by atoms with E-state index in [1.165, 1.54) is 0 Å². The number of ether oxygens (including phenoxy) is 2. The Morgan fingerprint density at radius 2 is 2.04 bits per heavy atom. The van der Waals surface area contributed by atoms with Crippen molar-refractivity contribution >= 4 is 33.2 Å². The maximum atomic E-state index is 12.6. The van der Waals surface area contributed by atoms with E-state index >= 15 is 0 Å². The van der Waals surface area contributed by atoms with E-state index in [1.54, 1.807) is 12.1 Å². The third-order valence-corrected chi connectivity index (χ3v) is 5.20. The van der Waals surface area contributed by atoms with Crippen molar-refractivity contribution < 1.29 is 14.3 Å². The highest BCUT2D eigenvalue weighted by Gasteiger charge is 2.15. The minimum absolute atomic E-state index is 0.118. The predicted octanol–water partition coefficient (Wildman–Crippen LogP) is 4.72. The van der Waals surface area contributed by atoms with Crippen LogP contribution >= 0.6 is 15.9 Å². The van der Waals surface area contributed by atoms with Crippen LogP contribution in [0.5, 0.6) is 5.75 Å². The van der Waals surface area contributed by atoms with Gasteiger partial charge in [0.25, 0.3) is 5.91 Å². The van der Waals surface area contributed by atoms with Crippen molar-refractivity contribution in [3.05, 3.63) is 52.5 Å². The standard InChI is InChI=1S/C21H25BrN2O3/c1-3-15(2)27-18-6-4-5-16(13-18)21(25)23-17-7-8-20(19(22)14-17)24-9-11-26-12-10-24/h4-8,13-15H,3,9-12H2,1-2H3,(H,23,25). The van der Waals surface area contributed by atoms with Gasteiger partial charge in [-0.25, -0.2) is 0 Å². The normalized spacial score (nSPS) is 15.3. The summed E-state index contributed by atoms with van der Waals surface area (Å²) in [6.45, 7) is 7.29. The van der Waals surface area contributed by atoms with Crippen molar-refractivity contribution in [3.63, 3.8) is 0 Å². The molecule has 144 valence electrons. The van der Waals surface area contributed by atoms with E-state index in [9.17, 15) is 4.79 Å². The first kappa shape index (κ1) is 19.7. The summed E-state index contributed by atoms with van der Waals surface area (Å²) in [4.78, 5) is 14.9. The van der Waals surface area contributed by atoms with Gasteiger partial charge in [0.1, 0.15) is 5.75 Å². The first-order valence-electron chi connectivity index (χ1n) is 9.27. The quantitative estimate of drug-likeness (QED) is 0.717. The van der Waals surface area contributed by atoms with E-state index in [1.807, 2.05) is 37.3 Å². The Kier molecular flexibility index (Phi) is 6.74. The number of amides is 1. The zero-order chi connectivity index (χ0) is 19.2. The number of nitrogens with one attached hydrogen (secondary N) is 1. The van der Waals surface area contributed by atoms with Gasteiger partial charge in [0, 0.05) is 28.8 Å². The Morgan fingerprint density at radius 3 is 2.74 bits per heavy atom. The van der Waals surface area contributed by atoms with E-state index in [4.69, 9.17) is 9.47 Å². The van der Waals surface area contributed by atoms with E-state index in [2.05, 4.69) is 33.1 Å². The van der Waals surface area contributed by atoms with Gasteiger partial charge in [-0.1, -0.05) is 13.0 Å². The summed E-state index contributed by atoms with van der Waals surface area (Å²) < 4.78 is 12.2. The predicted molar refractivity (Wildman–Crippen MR) is 112 cm³/mol. The molecule has 0 saturated carbocycles. The van der Waals surface area contributed by atoms with E-state index < -0.39 is 0 Å². The average Bonchev–Trinajstić information content (AvgIpc) is 2.69. The van der Waals surface area contributed by atoms with E-state index in [0.717, 1.165) is 48.6 Å². The summed E-state index contributed by atoms with van der Waals surface area (Å²) in [6.07, 6.45) is 1.03. The topological polar surface area (TPSA) is 50.8 Å². The lowest BCUT2D eigenvalue weighted by Gasteiger charge is -2.29. The number of hydrogen-bond donors (Lipinski definition) is 1. The summed E-state index contributed by atoms with van der Waals surface area (Å²) in [7, 11) is 0. The van der Waals surface area contributed by atoms with Gasteiger partial charge in [0.15, 0.2) is 0 Å². The number of nitrogens with zero attached hydrogens (tertiary/aromatic N) is 1. The second kappa shape index (κ2) is 9.24. The molecule has 2 aromatic carbocycles. The molecule has 1 amide bonds. The lowest BCUT2D eigenvalue weighted by atomic mass is 10.2. The van der Waals surface area contributed by atoms with Crippen LogP contribution in [-0.4, -0.2) is 38.3 Å². The van der Waals surface area contributed by atoms with Gasteiger partial charge in [-0.3, -0.25) is 4.79 Å². The number of halogens is 1. The highest BCUT2D eigenvalue weighted by Crippen LogP contribution is 2.30. The van der Waals surface area contributed by atoms with Gasteiger partial charge in [0.05, 0.1) is 25.0 Å².